The van der Waals surface area contributed by atoms with Gasteiger partial charge in [-0.05, 0) is 19.8 Å². The van der Waals surface area contributed by atoms with Gasteiger partial charge in [0.25, 0.3) is 0 Å². The van der Waals surface area contributed by atoms with E-state index in [9.17, 15) is 0 Å². The van der Waals surface area contributed by atoms with Crippen LogP contribution in [0.5, 0.6) is 0 Å². The lowest BCUT2D eigenvalue weighted by Gasteiger charge is -2.08. The van der Waals surface area contributed by atoms with Gasteiger partial charge in [-0.1, -0.05) is 0 Å². The number of hydrogen-bond acceptors (Lipinski definition) is 5. The highest BCUT2D eigenvalue weighted by atomic mass is 32.1. The molecule has 1 aliphatic rings. The van der Waals surface area contributed by atoms with E-state index in [0.29, 0.717) is 5.57 Å². The zero-order chi connectivity index (χ0) is 12.1. The summed E-state index contributed by atoms with van der Waals surface area (Å²) in [4.78, 5) is 4.29. The number of nitriles is 1. The first-order valence-electron chi connectivity index (χ1n) is 5.67. The molecule has 1 aromatic rings. The zero-order valence-corrected chi connectivity index (χ0v) is 10.6. The van der Waals surface area contributed by atoms with Crippen LogP contribution in [0.1, 0.15) is 23.5 Å². The van der Waals surface area contributed by atoms with Crippen molar-refractivity contribution in [3.05, 3.63) is 22.3 Å². The second kappa shape index (κ2) is 5.80. The zero-order valence-electron chi connectivity index (χ0n) is 9.77. The van der Waals surface area contributed by atoms with E-state index < -0.39 is 0 Å². The second-order valence-corrected chi connectivity index (χ2v) is 4.87. The second-order valence-electron chi connectivity index (χ2n) is 4.01. The summed E-state index contributed by atoms with van der Waals surface area (Å²) in [7, 11) is 0. The highest BCUT2D eigenvalue weighted by molar-refractivity contribution is 7.10. The van der Waals surface area contributed by atoms with Crippen LogP contribution in [0.4, 0.5) is 0 Å². The van der Waals surface area contributed by atoms with Gasteiger partial charge in [-0.15, -0.1) is 11.3 Å². The van der Waals surface area contributed by atoms with Gasteiger partial charge >= 0.3 is 0 Å². The largest absolute Gasteiger partial charge is 0.387 e. The third-order valence-electron chi connectivity index (χ3n) is 2.59. The molecule has 1 aliphatic heterocycles. The predicted octanol–water partition coefficient (Wildman–Crippen LogP) is 2.08. The molecule has 0 aliphatic carbocycles. The summed E-state index contributed by atoms with van der Waals surface area (Å²) in [5, 5.41) is 14.9. The van der Waals surface area contributed by atoms with Crippen LogP contribution in [-0.4, -0.2) is 24.2 Å². The van der Waals surface area contributed by atoms with Crippen molar-refractivity contribution in [2.45, 2.75) is 25.9 Å². The van der Waals surface area contributed by atoms with Gasteiger partial charge in [-0.3, -0.25) is 0 Å². The minimum absolute atomic E-state index is 0.282. The Morgan fingerprint density at radius 1 is 1.82 bits per heavy atom. The molecule has 0 aromatic carbocycles. The first kappa shape index (κ1) is 12.1. The molecular weight excluding hydrogens is 234 g/mol. The Labute approximate surface area is 105 Å². The van der Waals surface area contributed by atoms with Crippen molar-refractivity contribution >= 4 is 16.9 Å². The highest BCUT2D eigenvalue weighted by Gasteiger charge is 2.14. The SMILES string of the molecule is Cc1csc(/C(C#N)=C/NC[C@@H]2CCCO2)n1. The van der Waals surface area contributed by atoms with Crippen LogP contribution < -0.4 is 5.32 Å². The molecule has 0 saturated carbocycles. The summed E-state index contributed by atoms with van der Waals surface area (Å²) in [5.41, 5.74) is 1.53. The van der Waals surface area contributed by atoms with Crippen molar-refractivity contribution in [1.29, 1.82) is 5.26 Å². The van der Waals surface area contributed by atoms with Gasteiger partial charge < -0.3 is 10.1 Å². The summed E-state index contributed by atoms with van der Waals surface area (Å²) in [5.74, 6) is 0. The molecule has 90 valence electrons. The fraction of sp³-hybridized carbons (Fsp3) is 0.500. The minimum Gasteiger partial charge on any atom is -0.387 e. The fourth-order valence-electron chi connectivity index (χ4n) is 1.72. The van der Waals surface area contributed by atoms with E-state index in [2.05, 4.69) is 16.4 Å². The lowest BCUT2D eigenvalue weighted by Crippen LogP contribution is -2.22. The molecular formula is C12H15N3OS. The predicted molar refractivity (Wildman–Crippen MR) is 67.4 cm³/mol. The van der Waals surface area contributed by atoms with Gasteiger partial charge in [-0.2, -0.15) is 5.26 Å². The van der Waals surface area contributed by atoms with Crippen molar-refractivity contribution in [2.75, 3.05) is 13.2 Å². The molecule has 0 radical (unpaired) electrons. The van der Waals surface area contributed by atoms with E-state index in [0.717, 1.165) is 36.7 Å². The summed E-state index contributed by atoms with van der Waals surface area (Å²) >= 11 is 1.49. The van der Waals surface area contributed by atoms with Crippen molar-refractivity contribution in [3.63, 3.8) is 0 Å². The Kier molecular flexibility index (Phi) is 4.13. The number of aromatic nitrogens is 1. The van der Waals surface area contributed by atoms with Crippen LogP contribution in [0.25, 0.3) is 5.57 Å². The monoisotopic (exact) mass is 249 g/mol. The molecule has 2 rings (SSSR count). The maximum absolute atomic E-state index is 9.06. The number of thiazole rings is 1. The van der Waals surface area contributed by atoms with Crippen LogP contribution in [0.15, 0.2) is 11.6 Å². The third kappa shape index (κ3) is 3.29. The quantitative estimate of drug-likeness (QED) is 0.830. The minimum atomic E-state index is 0.282. The lowest BCUT2D eigenvalue weighted by atomic mass is 10.2. The van der Waals surface area contributed by atoms with Crippen LogP contribution >= 0.6 is 11.3 Å². The van der Waals surface area contributed by atoms with Crippen LogP contribution in [0.3, 0.4) is 0 Å². The maximum atomic E-state index is 9.06. The van der Waals surface area contributed by atoms with Gasteiger partial charge in [0.15, 0.2) is 0 Å². The summed E-state index contributed by atoms with van der Waals surface area (Å²) < 4.78 is 5.49. The number of rotatable bonds is 4. The molecule has 1 saturated heterocycles. The van der Waals surface area contributed by atoms with Crippen molar-refractivity contribution < 1.29 is 4.74 Å². The molecule has 2 heterocycles. The molecule has 4 nitrogen and oxygen atoms in total. The van der Waals surface area contributed by atoms with E-state index in [1.807, 2.05) is 12.3 Å². The third-order valence-corrected chi connectivity index (χ3v) is 3.58. The molecule has 17 heavy (non-hydrogen) atoms. The fourth-order valence-corrected chi connectivity index (χ4v) is 2.48. The smallest absolute Gasteiger partial charge is 0.135 e. The van der Waals surface area contributed by atoms with Crippen molar-refractivity contribution in [2.24, 2.45) is 0 Å². The Hall–Kier alpha value is -1.38. The number of allylic oxidation sites excluding steroid dienone is 1. The van der Waals surface area contributed by atoms with Gasteiger partial charge in [0.05, 0.1) is 6.10 Å². The van der Waals surface area contributed by atoms with E-state index >= 15 is 0 Å². The molecule has 1 aromatic heterocycles. The Balaban J connectivity index is 1.91. The first-order chi connectivity index (χ1) is 8.29. The van der Waals surface area contributed by atoms with E-state index in [1.54, 1.807) is 6.20 Å². The molecule has 0 spiro atoms. The molecule has 0 bridgehead atoms. The molecule has 1 N–H and O–H groups in total. The van der Waals surface area contributed by atoms with Crippen LogP contribution in [0.2, 0.25) is 0 Å². The molecule has 5 heteroatoms. The lowest BCUT2D eigenvalue weighted by molar-refractivity contribution is 0.113. The average molecular weight is 249 g/mol. The highest BCUT2D eigenvalue weighted by Crippen LogP contribution is 2.18. The van der Waals surface area contributed by atoms with Gasteiger partial charge in [0, 0.05) is 30.4 Å². The first-order valence-corrected chi connectivity index (χ1v) is 6.55. The van der Waals surface area contributed by atoms with Crippen LogP contribution in [-0.2, 0) is 4.74 Å². The summed E-state index contributed by atoms with van der Waals surface area (Å²) in [6, 6.07) is 2.16. The average Bonchev–Trinajstić information content (AvgIpc) is 2.96. The summed E-state index contributed by atoms with van der Waals surface area (Å²) in [6.45, 7) is 3.54. The van der Waals surface area contributed by atoms with Crippen LogP contribution in [0, 0.1) is 18.3 Å². The van der Waals surface area contributed by atoms with Crippen molar-refractivity contribution in [3.8, 4) is 6.07 Å². The molecule has 1 fully saturated rings. The molecule has 0 amide bonds. The van der Waals surface area contributed by atoms with Gasteiger partial charge in [-0.25, -0.2) is 4.98 Å². The number of ether oxygens (including phenoxy) is 1. The van der Waals surface area contributed by atoms with E-state index in [-0.39, 0.29) is 6.10 Å². The molecule has 1 atom stereocenters. The van der Waals surface area contributed by atoms with E-state index in [1.165, 1.54) is 11.3 Å². The van der Waals surface area contributed by atoms with Gasteiger partial charge in [0.1, 0.15) is 16.6 Å². The summed E-state index contributed by atoms with van der Waals surface area (Å²) in [6.07, 6.45) is 4.25. The topological polar surface area (TPSA) is 57.9 Å². The van der Waals surface area contributed by atoms with Crippen molar-refractivity contribution in [1.82, 2.24) is 10.3 Å². The van der Waals surface area contributed by atoms with Gasteiger partial charge in [0.2, 0.25) is 0 Å². The number of aryl methyl sites for hydroxylation is 1. The Morgan fingerprint density at radius 3 is 3.29 bits per heavy atom. The Morgan fingerprint density at radius 2 is 2.71 bits per heavy atom. The standard InChI is InChI=1S/C12H15N3OS/c1-9-8-17-12(15-9)10(5-13)6-14-7-11-3-2-4-16-11/h6,8,11,14H,2-4,7H2,1H3/b10-6+/t11-/m0/s1. The maximum Gasteiger partial charge on any atom is 0.135 e. The molecule has 0 unspecified atom stereocenters. The number of nitrogens with zero attached hydrogens (tertiary/aromatic N) is 2. The number of hydrogen-bond donors (Lipinski definition) is 1. The number of nitrogens with one attached hydrogen (secondary N) is 1. The Bertz CT molecular complexity index is 441. The van der Waals surface area contributed by atoms with E-state index in [4.69, 9.17) is 10.00 Å². The normalized spacial score (nSPS) is 20.2.